The van der Waals surface area contributed by atoms with E-state index in [1.165, 1.54) is 0 Å². The Balaban J connectivity index is 2.82. The van der Waals surface area contributed by atoms with Gasteiger partial charge in [-0.1, -0.05) is 0 Å². The number of carbonyl (C=O) groups is 1. The van der Waals surface area contributed by atoms with Gasteiger partial charge in [-0.25, -0.2) is 4.98 Å². The van der Waals surface area contributed by atoms with Crippen LogP contribution in [0.1, 0.15) is 24.0 Å². The van der Waals surface area contributed by atoms with E-state index in [-0.39, 0.29) is 12.5 Å². The Hall–Kier alpha value is -1.36. The number of aromatic nitrogens is 2. The third kappa shape index (κ3) is 2.06. The molecule has 5 nitrogen and oxygen atoms in total. The van der Waals surface area contributed by atoms with Crippen LogP contribution in [0.2, 0.25) is 0 Å². The van der Waals surface area contributed by atoms with E-state index in [1.807, 2.05) is 18.5 Å². The maximum atomic E-state index is 10.6. The van der Waals surface area contributed by atoms with Gasteiger partial charge in [0, 0.05) is 13.5 Å². The Labute approximate surface area is 76.7 Å². The van der Waals surface area contributed by atoms with E-state index in [4.69, 9.17) is 11.5 Å². The molecule has 72 valence electrons. The minimum absolute atomic E-state index is 0.152. The molecule has 0 spiro atoms. The topological polar surface area (TPSA) is 86.9 Å². The van der Waals surface area contributed by atoms with Gasteiger partial charge in [0.25, 0.3) is 0 Å². The number of aryl methyl sites for hydroxylation is 1. The molecule has 0 aromatic carbocycles. The molecule has 1 aromatic rings. The van der Waals surface area contributed by atoms with Crippen LogP contribution in [-0.2, 0) is 11.8 Å². The van der Waals surface area contributed by atoms with E-state index in [0.717, 1.165) is 11.5 Å². The van der Waals surface area contributed by atoms with Crippen LogP contribution >= 0.6 is 0 Å². The molecular weight excluding hydrogens is 168 g/mol. The zero-order chi connectivity index (χ0) is 10.0. The van der Waals surface area contributed by atoms with Crippen molar-refractivity contribution in [3.63, 3.8) is 0 Å². The van der Waals surface area contributed by atoms with Crippen LogP contribution < -0.4 is 11.5 Å². The number of hydrogen-bond acceptors (Lipinski definition) is 3. The standard InChI is InChI=1S/C8H14N4O/c1-5-11-4-7(12(5)2)6(9)3-8(10)13/h4,6H,3,9H2,1-2H3,(H2,10,13). The lowest BCUT2D eigenvalue weighted by Gasteiger charge is -2.10. The van der Waals surface area contributed by atoms with Gasteiger partial charge < -0.3 is 16.0 Å². The average molecular weight is 182 g/mol. The lowest BCUT2D eigenvalue weighted by Crippen LogP contribution is -2.22. The van der Waals surface area contributed by atoms with Crippen molar-refractivity contribution in [3.05, 3.63) is 17.7 Å². The highest BCUT2D eigenvalue weighted by molar-refractivity contribution is 5.74. The highest BCUT2D eigenvalue weighted by Crippen LogP contribution is 2.13. The van der Waals surface area contributed by atoms with Gasteiger partial charge in [-0.2, -0.15) is 0 Å². The third-order valence-electron chi connectivity index (χ3n) is 2.06. The smallest absolute Gasteiger partial charge is 0.219 e. The number of imidazole rings is 1. The Morgan fingerprint density at radius 2 is 2.38 bits per heavy atom. The van der Waals surface area contributed by atoms with Crippen molar-refractivity contribution >= 4 is 5.91 Å². The van der Waals surface area contributed by atoms with Crippen molar-refractivity contribution in [1.82, 2.24) is 9.55 Å². The Bertz CT molecular complexity index is 318. The monoisotopic (exact) mass is 182 g/mol. The number of carbonyl (C=O) groups excluding carboxylic acids is 1. The summed E-state index contributed by atoms with van der Waals surface area (Å²) in [5.41, 5.74) is 11.6. The number of amides is 1. The van der Waals surface area contributed by atoms with E-state index in [2.05, 4.69) is 4.98 Å². The predicted molar refractivity (Wildman–Crippen MR) is 48.7 cm³/mol. The molecule has 0 saturated heterocycles. The van der Waals surface area contributed by atoms with Crippen LogP contribution in [0.5, 0.6) is 0 Å². The molecule has 1 aromatic heterocycles. The largest absolute Gasteiger partial charge is 0.370 e. The molecule has 0 saturated carbocycles. The van der Waals surface area contributed by atoms with Crippen molar-refractivity contribution in [2.45, 2.75) is 19.4 Å². The van der Waals surface area contributed by atoms with Crippen molar-refractivity contribution in [1.29, 1.82) is 0 Å². The summed E-state index contributed by atoms with van der Waals surface area (Å²) in [6.45, 7) is 1.88. The van der Waals surface area contributed by atoms with Gasteiger partial charge in [0.15, 0.2) is 0 Å². The molecule has 0 fully saturated rings. The average Bonchev–Trinajstić information content (AvgIpc) is 2.31. The van der Waals surface area contributed by atoms with Gasteiger partial charge in [-0.3, -0.25) is 4.79 Å². The summed E-state index contributed by atoms with van der Waals surface area (Å²) < 4.78 is 1.85. The summed E-state index contributed by atoms with van der Waals surface area (Å²) in [5.74, 6) is 0.473. The van der Waals surface area contributed by atoms with Crippen LogP contribution in [-0.4, -0.2) is 15.5 Å². The summed E-state index contributed by atoms with van der Waals surface area (Å²) in [6, 6.07) is -0.358. The zero-order valence-electron chi connectivity index (χ0n) is 7.82. The molecule has 1 heterocycles. The second-order valence-electron chi connectivity index (χ2n) is 3.07. The van der Waals surface area contributed by atoms with Gasteiger partial charge in [0.05, 0.1) is 17.9 Å². The van der Waals surface area contributed by atoms with Crippen LogP contribution in [0.4, 0.5) is 0 Å². The number of nitrogens with zero attached hydrogens (tertiary/aromatic N) is 2. The fraction of sp³-hybridized carbons (Fsp3) is 0.500. The maximum absolute atomic E-state index is 10.6. The first-order chi connectivity index (χ1) is 6.02. The van der Waals surface area contributed by atoms with Crippen LogP contribution in [0.15, 0.2) is 6.20 Å². The fourth-order valence-corrected chi connectivity index (χ4v) is 1.19. The molecule has 0 aliphatic carbocycles. The van der Waals surface area contributed by atoms with E-state index >= 15 is 0 Å². The molecule has 1 atom stereocenters. The van der Waals surface area contributed by atoms with E-state index in [0.29, 0.717) is 0 Å². The molecule has 0 radical (unpaired) electrons. The predicted octanol–water partition coefficient (Wildman–Crippen LogP) is -0.396. The Kier molecular flexibility index (Phi) is 2.67. The molecule has 5 heteroatoms. The third-order valence-corrected chi connectivity index (χ3v) is 2.06. The minimum Gasteiger partial charge on any atom is -0.370 e. The molecule has 13 heavy (non-hydrogen) atoms. The first-order valence-electron chi connectivity index (χ1n) is 4.04. The second kappa shape index (κ2) is 3.57. The minimum atomic E-state index is -0.397. The molecule has 4 N–H and O–H groups in total. The summed E-state index contributed by atoms with van der Waals surface area (Å²) in [5, 5.41) is 0. The lowest BCUT2D eigenvalue weighted by molar-refractivity contribution is -0.118. The van der Waals surface area contributed by atoms with Gasteiger partial charge in [-0.15, -0.1) is 0 Å². The van der Waals surface area contributed by atoms with E-state index in [9.17, 15) is 4.79 Å². The molecule has 1 unspecified atom stereocenters. The van der Waals surface area contributed by atoms with E-state index < -0.39 is 5.91 Å². The number of rotatable bonds is 3. The second-order valence-corrected chi connectivity index (χ2v) is 3.07. The van der Waals surface area contributed by atoms with E-state index in [1.54, 1.807) is 6.20 Å². The lowest BCUT2D eigenvalue weighted by atomic mass is 10.1. The van der Waals surface area contributed by atoms with Gasteiger partial charge in [-0.05, 0) is 6.92 Å². The SMILES string of the molecule is Cc1ncc(C(N)CC(N)=O)n1C. The Morgan fingerprint density at radius 3 is 2.77 bits per heavy atom. The van der Waals surface area contributed by atoms with Crippen LogP contribution in [0, 0.1) is 6.92 Å². The van der Waals surface area contributed by atoms with Crippen molar-refractivity contribution in [2.75, 3.05) is 0 Å². The summed E-state index contributed by atoms with van der Waals surface area (Å²) in [7, 11) is 1.86. The molecule has 0 aliphatic heterocycles. The maximum Gasteiger partial charge on any atom is 0.219 e. The van der Waals surface area contributed by atoms with Crippen molar-refractivity contribution in [2.24, 2.45) is 18.5 Å². The van der Waals surface area contributed by atoms with Crippen molar-refractivity contribution < 1.29 is 4.79 Å². The van der Waals surface area contributed by atoms with Gasteiger partial charge in [0.2, 0.25) is 5.91 Å². The summed E-state index contributed by atoms with van der Waals surface area (Å²) in [4.78, 5) is 14.7. The normalized spacial score (nSPS) is 12.8. The summed E-state index contributed by atoms with van der Waals surface area (Å²) in [6.07, 6.45) is 1.82. The Morgan fingerprint density at radius 1 is 1.77 bits per heavy atom. The quantitative estimate of drug-likeness (QED) is 0.667. The first-order valence-corrected chi connectivity index (χ1v) is 4.04. The molecule has 0 bridgehead atoms. The molecular formula is C8H14N4O. The fourth-order valence-electron chi connectivity index (χ4n) is 1.19. The van der Waals surface area contributed by atoms with Crippen LogP contribution in [0.25, 0.3) is 0 Å². The number of primary amides is 1. The summed E-state index contributed by atoms with van der Waals surface area (Å²) >= 11 is 0. The number of hydrogen-bond donors (Lipinski definition) is 2. The van der Waals surface area contributed by atoms with Gasteiger partial charge in [0.1, 0.15) is 5.82 Å². The highest BCUT2D eigenvalue weighted by atomic mass is 16.1. The highest BCUT2D eigenvalue weighted by Gasteiger charge is 2.13. The molecule has 1 rings (SSSR count). The molecule has 1 amide bonds. The zero-order valence-corrected chi connectivity index (χ0v) is 7.82. The van der Waals surface area contributed by atoms with Crippen molar-refractivity contribution in [3.8, 4) is 0 Å². The first kappa shape index (κ1) is 9.73. The molecule has 0 aliphatic rings. The number of nitrogens with two attached hydrogens (primary N) is 2. The van der Waals surface area contributed by atoms with Gasteiger partial charge >= 0.3 is 0 Å². The van der Waals surface area contributed by atoms with Crippen LogP contribution in [0.3, 0.4) is 0 Å².